The van der Waals surface area contributed by atoms with E-state index < -0.39 is 0 Å². The third-order valence-corrected chi connectivity index (χ3v) is 3.41. The van der Waals surface area contributed by atoms with Crippen LogP contribution < -0.4 is 10.1 Å². The summed E-state index contributed by atoms with van der Waals surface area (Å²) in [5, 5.41) is 3.36. The van der Waals surface area contributed by atoms with Crippen molar-refractivity contribution in [3.63, 3.8) is 0 Å². The van der Waals surface area contributed by atoms with Crippen LogP contribution in [0.15, 0.2) is 59.1 Å². The number of carbonyl (C=O) groups is 1. The Morgan fingerprint density at radius 1 is 1.13 bits per heavy atom. The molecule has 1 N–H and O–H groups in total. The quantitative estimate of drug-likeness (QED) is 0.777. The highest BCUT2D eigenvalue weighted by atomic mass is 35.5. The molecule has 0 aliphatic rings. The summed E-state index contributed by atoms with van der Waals surface area (Å²) in [6.45, 7) is 0. The molecule has 0 saturated carbocycles. The van der Waals surface area contributed by atoms with E-state index in [1.54, 1.807) is 36.4 Å². The average Bonchev–Trinajstić information content (AvgIpc) is 3.06. The molecule has 0 fully saturated rings. The molecule has 0 radical (unpaired) electrons. The average molecular weight is 329 g/mol. The lowest BCUT2D eigenvalue weighted by Gasteiger charge is -2.04. The Morgan fingerprint density at radius 2 is 1.91 bits per heavy atom. The van der Waals surface area contributed by atoms with Crippen LogP contribution in [-0.4, -0.2) is 18.0 Å². The number of nitrogens with one attached hydrogen (secondary N) is 1. The smallest absolute Gasteiger partial charge is 0.291 e. The Hall–Kier alpha value is -2.79. The van der Waals surface area contributed by atoms with Gasteiger partial charge < -0.3 is 14.5 Å². The van der Waals surface area contributed by atoms with Gasteiger partial charge in [-0.15, -0.1) is 0 Å². The van der Waals surface area contributed by atoms with Gasteiger partial charge in [0.05, 0.1) is 19.0 Å². The molecule has 0 spiro atoms. The number of hydrogen-bond donors (Lipinski definition) is 1. The van der Waals surface area contributed by atoms with Crippen LogP contribution in [0.3, 0.4) is 0 Å². The highest BCUT2D eigenvalue weighted by Crippen LogP contribution is 2.24. The zero-order chi connectivity index (χ0) is 16.2. The van der Waals surface area contributed by atoms with Gasteiger partial charge in [0.2, 0.25) is 5.88 Å². The van der Waals surface area contributed by atoms with Crippen LogP contribution in [0.25, 0.3) is 11.3 Å². The van der Waals surface area contributed by atoms with Crippen molar-refractivity contribution in [2.45, 2.75) is 0 Å². The van der Waals surface area contributed by atoms with Crippen LogP contribution >= 0.6 is 11.6 Å². The first-order valence-corrected chi connectivity index (χ1v) is 7.20. The third-order valence-electron chi connectivity index (χ3n) is 3.16. The van der Waals surface area contributed by atoms with E-state index in [9.17, 15) is 4.79 Å². The van der Waals surface area contributed by atoms with Crippen LogP contribution in [0.2, 0.25) is 5.02 Å². The Labute approximate surface area is 137 Å². The molecule has 0 unspecified atom stereocenters. The number of methoxy groups -OCH3 is 1. The molecule has 116 valence electrons. The fourth-order valence-electron chi connectivity index (χ4n) is 2.00. The number of halogens is 1. The van der Waals surface area contributed by atoms with Gasteiger partial charge in [-0.2, -0.15) is 0 Å². The lowest BCUT2D eigenvalue weighted by atomic mass is 10.2. The lowest BCUT2D eigenvalue weighted by molar-refractivity contribution is 0.0997. The predicted molar refractivity (Wildman–Crippen MR) is 87.9 cm³/mol. The number of carbonyl (C=O) groups excluding carboxylic acids is 1. The highest BCUT2D eigenvalue weighted by molar-refractivity contribution is 6.30. The normalized spacial score (nSPS) is 10.3. The largest absolute Gasteiger partial charge is 0.481 e. The lowest BCUT2D eigenvalue weighted by Crippen LogP contribution is -2.10. The molecule has 0 atom stereocenters. The summed E-state index contributed by atoms with van der Waals surface area (Å²) >= 11 is 5.86. The van der Waals surface area contributed by atoms with Crippen molar-refractivity contribution in [1.29, 1.82) is 0 Å². The fraction of sp³-hybridized carbons (Fsp3) is 0.0588. The van der Waals surface area contributed by atoms with Gasteiger partial charge in [0.15, 0.2) is 5.76 Å². The molecule has 0 aliphatic carbocycles. The Bertz CT molecular complexity index is 811. The van der Waals surface area contributed by atoms with E-state index in [1.165, 1.54) is 13.3 Å². The second kappa shape index (κ2) is 6.54. The zero-order valence-corrected chi connectivity index (χ0v) is 13.0. The monoisotopic (exact) mass is 328 g/mol. The van der Waals surface area contributed by atoms with Crippen LogP contribution in [0.1, 0.15) is 10.6 Å². The number of pyridine rings is 1. The number of benzene rings is 1. The van der Waals surface area contributed by atoms with Crippen LogP contribution in [0.5, 0.6) is 5.88 Å². The van der Waals surface area contributed by atoms with Gasteiger partial charge in [0, 0.05) is 16.7 Å². The van der Waals surface area contributed by atoms with E-state index in [2.05, 4.69) is 10.3 Å². The molecule has 1 amide bonds. The molecule has 6 heteroatoms. The number of rotatable bonds is 4. The molecule has 3 aromatic rings. The van der Waals surface area contributed by atoms with E-state index in [4.69, 9.17) is 20.8 Å². The van der Waals surface area contributed by atoms with Crippen LogP contribution in [0.4, 0.5) is 5.69 Å². The summed E-state index contributed by atoms with van der Waals surface area (Å²) in [4.78, 5) is 16.2. The second-order valence-corrected chi connectivity index (χ2v) is 5.15. The molecule has 0 saturated heterocycles. The van der Waals surface area contributed by atoms with Crippen molar-refractivity contribution in [3.8, 4) is 17.2 Å². The summed E-state index contributed by atoms with van der Waals surface area (Å²) in [5.41, 5.74) is 1.40. The molecule has 0 aliphatic heterocycles. The number of anilines is 1. The minimum absolute atomic E-state index is 0.214. The summed E-state index contributed by atoms with van der Waals surface area (Å²) in [6, 6.07) is 13.9. The maximum absolute atomic E-state index is 12.2. The van der Waals surface area contributed by atoms with Crippen LogP contribution in [-0.2, 0) is 0 Å². The van der Waals surface area contributed by atoms with E-state index in [-0.39, 0.29) is 11.7 Å². The van der Waals surface area contributed by atoms with Gasteiger partial charge in [0.1, 0.15) is 5.76 Å². The number of ether oxygens (including phenoxy) is 1. The summed E-state index contributed by atoms with van der Waals surface area (Å²) in [6.07, 6.45) is 1.51. The van der Waals surface area contributed by atoms with Crippen molar-refractivity contribution in [3.05, 3.63) is 65.5 Å². The number of furan rings is 1. The van der Waals surface area contributed by atoms with Gasteiger partial charge in [-0.1, -0.05) is 11.6 Å². The summed E-state index contributed by atoms with van der Waals surface area (Å²) in [7, 11) is 1.53. The van der Waals surface area contributed by atoms with Gasteiger partial charge in [0.25, 0.3) is 5.91 Å². The van der Waals surface area contributed by atoms with E-state index in [0.717, 1.165) is 5.56 Å². The van der Waals surface area contributed by atoms with Gasteiger partial charge in [-0.3, -0.25) is 4.79 Å². The molecule has 23 heavy (non-hydrogen) atoms. The Kier molecular flexibility index (Phi) is 4.30. The number of amides is 1. The summed E-state index contributed by atoms with van der Waals surface area (Å²) in [5.74, 6) is 0.939. The molecule has 0 bridgehead atoms. The molecule has 2 aromatic heterocycles. The zero-order valence-electron chi connectivity index (χ0n) is 12.2. The molecule has 1 aromatic carbocycles. The van der Waals surface area contributed by atoms with Gasteiger partial charge >= 0.3 is 0 Å². The Morgan fingerprint density at radius 3 is 2.57 bits per heavy atom. The van der Waals surface area contributed by atoms with Crippen molar-refractivity contribution < 1.29 is 13.9 Å². The molecule has 5 nitrogen and oxygen atoms in total. The van der Waals surface area contributed by atoms with Crippen molar-refractivity contribution in [2.24, 2.45) is 0 Å². The van der Waals surface area contributed by atoms with Gasteiger partial charge in [-0.25, -0.2) is 4.98 Å². The van der Waals surface area contributed by atoms with Crippen LogP contribution in [0, 0.1) is 0 Å². The summed E-state index contributed by atoms with van der Waals surface area (Å²) < 4.78 is 10.6. The number of nitrogens with zero attached hydrogens (tertiary/aromatic N) is 1. The van der Waals surface area contributed by atoms with E-state index in [1.807, 2.05) is 12.1 Å². The Balaban J connectivity index is 1.74. The fourth-order valence-corrected chi connectivity index (χ4v) is 2.12. The molecule has 3 rings (SSSR count). The standard InChI is InChI=1S/C17H13ClN2O3/c1-22-16-9-6-13(10-19-16)20-17(21)15-8-7-14(23-15)11-2-4-12(18)5-3-11/h2-10H,1H3,(H,20,21). The minimum Gasteiger partial charge on any atom is -0.481 e. The number of hydrogen-bond acceptors (Lipinski definition) is 4. The molecular weight excluding hydrogens is 316 g/mol. The van der Waals surface area contributed by atoms with Crippen molar-refractivity contribution in [1.82, 2.24) is 4.98 Å². The van der Waals surface area contributed by atoms with E-state index in [0.29, 0.717) is 22.4 Å². The minimum atomic E-state index is -0.350. The third kappa shape index (κ3) is 3.52. The van der Waals surface area contributed by atoms with Crippen molar-refractivity contribution >= 4 is 23.2 Å². The second-order valence-electron chi connectivity index (χ2n) is 4.71. The van der Waals surface area contributed by atoms with Gasteiger partial charge in [-0.05, 0) is 42.5 Å². The van der Waals surface area contributed by atoms with Crippen molar-refractivity contribution in [2.75, 3.05) is 12.4 Å². The first kappa shape index (κ1) is 15.1. The maximum Gasteiger partial charge on any atom is 0.291 e. The molecular formula is C17H13ClN2O3. The SMILES string of the molecule is COc1ccc(NC(=O)c2ccc(-c3ccc(Cl)cc3)o2)cn1. The first-order valence-electron chi connectivity index (χ1n) is 6.83. The molecule has 2 heterocycles. The number of aromatic nitrogens is 1. The highest BCUT2D eigenvalue weighted by Gasteiger charge is 2.12. The maximum atomic E-state index is 12.2. The predicted octanol–water partition coefficient (Wildman–Crippen LogP) is 4.26. The topological polar surface area (TPSA) is 64.4 Å². The van der Waals surface area contributed by atoms with E-state index >= 15 is 0 Å². The first-order chi connectivity index (χ1) is 11.2.